The molecule has 2 aromatic heterocycles. The van der Waals surface area contributed by atoms with Gasteiger partial charge in [0, 0.05) is 23.2 Å². The second-order valence-corrected chi connectivity index (χ2v) is 5.20. The molecule has 2 aromatic rings. The first-order valence-corrected chi connectivity index (χ1v) is 7.60. The van der Waals surface area contributed by atoms with E-state index in [9.17, 15) is 4.79 Å². The van der Waals surface area contributed by atoms with Crippen LogP contribution >= 0.6 is 11.3 Å². The summed E-state index contributed by atoms with van der Waals surface area (Å²) in [6.45, 7) is 5.55. The Morgan fingerprint density at radius 1 is 1.25 bits per heavy atom. The quantitative estimate of drug-likeness (QED) is 0.729. The van der Waals surface area contributed by atoms with Crippen LogP contribution in [0.5, 0.6) is 0 Å². The first-order valence-electron chi connectivity index (χ1n) is 6.72. The zero-order valence-corrected chi connectivity index (χ0v) is 12.5. The van der Waals surface area contributed by atoms with E-state index in [2.05, 4.69) is 32.5 Å². The Balaban J connectivity index is 2.16. The molecule has 2 rings (SSSR count). The first kappa shape index (κ1) is 14.5. The van der Waals surface area contributed by atoms with Crippen LogP contribution in [0.25, 0.3) is 0 Å². The van der Waals surface area contributed by atoms with Crippen LogP contribution in [0.3, 0.4) is 0 Å². The third-order valence-electron chi connectivity index (χ3n) is 2.81. The summed E-state index contributed by atoms with van der Waals surface area (Å²) in [5.41, 5.74) is 1.96. The molecule has 0 bridgehead atoms. The van der Waals surface area contributed by atoms with E-state index in [0.29, 0.717) is 6.54 Å². The monoisotopic (exact) mass is 293 g/mol. The summed E-state index contributed by atoms with van der Waals surface area (Å²) in [7, 11) is 0. The van der Waals surface area contributed by atoms with Gasteiger partial charge in [0.1, 0.15) is 18.0 Å². The Morgan fingerprint density at radius 2 is 2.00 bits per heavy atom. The van der Waals surface area contributed by atoms with E-state index in [1.165, 1.54) is 11.3 Å². The zero-order valence-electron chi connectivity index (χ0n) is 11.7. The van der Waals surface area contributed by atoms with E-state index in [0.717, 1.165) is 42.3 Å². The average Bonchev–Trinajstić information content (AvgIpc) is 2.85. The molecule has 0 radical (unpaired) electrons. The SMILES string of the molecule is CCCc1c(NCC)ncnc1NCc1csc(=O)[nH]1. The van der Waals surface area contributed by atoms with Crippen LogP contribution in [-0.4, -0.2) is 21.5 Å². The van der Waals surface area contributed by atoms with E-state index in [4.69, 9.17) is 0 Å². The van der Waals surface area contributed by atoms with Gasteiger partial charge in [-0.3, -0.25) is 4.79 Å². The number of hydrogen-bond acceptors (Lipinski definition) is 6. The van der Waals surface area contributed by atoms with Gasteiger partial charge in [-0.05, 0) is 13.3 Å². The Hall–Kier alpha value is -1.89. The van der Waals surface area contributed by atoms with Gasteiger partial charge in [-0.25, -0.2) is 9.97 Å². The molecule has 0 fully saturated rings. The van der Waals surface area contributed by atoms with Gasteiger partial charge >= 0.3 is 4.87 Å². The van der Waals surface area contributed by atoms with Crippen molar-refractivity contribution in [1.82, 2.24) is 15.0 Å². The molecule has 0 aliphatic rings. The highest BCUT2D eigenvalue weighted by Gasteiger charge is 2.10. The van der Waals surface area contributed by atoms with Gasteiger partial charge < -0.3 is 15.6 Å². The number of anilines is 2. The molecule has 0 unspecified atom stereocenters. The molecular formula is C13H19N5OS. The minimum Gasteiger partial charge on any atom is -0.370 e. The number of nitrogens with zero attached hydrogens (tertiary/aromatic N) is 2. The third-order valence-corrected chi connectivity index (χ3v) is 3.53. The highest BCUT2D eigenvalue weighted by molar-refractivity contribution is 7.07. The minimum absolute atomic E-state index is 0.0355. The fourth-order valence-electron chi connectivity index (χ4n) is 1.95. The van der Waals surface area contributed by atoms with Crippen LogP contribution < -0.4 is 15.5 Å². The van der Waals surface area contributed by atoms with Gasteiger partial charge in [0.2, 0.25) is 0 Å². The zero-order chi connectivity index (χ0) is 14.4. The molecule has 3 N–H and O–H groups in total. The van der Waals surface area contributed by atoms with E-state index >= 15 is 0 Å². The van der Waals surface area contributed by atoms with Crippen LogP contribution in [0.15, 0.2) is 16.5 Å². The lowest BCUT2D eigenvalue weighted by atomic mass is 10.1. The maximum atomic E-state index is 11.1. The van der Waals surface area contributed by atoms with E-state index in [1.807, 2.05) is 12.3 Å². The van der Waals surface area contributed by atoms with Crippen LogP contribution in [0.2, 0.25) is 0 Å². The second-order valence-electron chi connectivity index (χ2n) is 4.36. The molecule has 0 aliphatic carbocycles. The van der Waals surface area contributed by atoms with Crippen molar-refractivity contribution in [3.05, 3.63) is 32.6 Å². The van der Waals surface area contributed by atoms with Gasteiger partial charge in [-0.15, -0.1) is 0 Å². The lowest BCUT2D eigenvalue weighted by molar-refractivity contribution is 0.893. The number of hydrogen-bond donors (Lipinski definition) is 3. The smallest absolute Gasteiger partial charge is 0.304 e. The molecule has 0 saturated carbocycles. The summed E-state index contributed by atoms with van der Waals surface area (Å²) >= 11 is 1.17. The summed E-state index contributed by atoms with van der Waals surface area (Å²) in [5.74, 6) is 1.70. The summed E-state index contributed by atoms with van der Waals surface area (Å²) < 4.78 is 0. The van der Waals surface area contributed by atoms with Crippen molar-refractivity contribution >= 4 is 23.0 Å². The number of aromatic amines is 1. The summed E-state index contributed by atoms with van der Waals surface area (Å²) in [6.07, 6.45) is 3.48. The summed E-state index contributed by atoms with van der Waals surface area (Å²) in [6, 6.07) is 0. The minimum atomic E-state index is -0.0355. The fraction of sp³-hybridized carbons (Fsp3) is 0.462. The lowest BCUT2D eigenvalue weighted by Gasteiger charge is -2.14. The summed E-state index contributed by atoms with van der Waals surface area (Å²) in [5, 5.41) is 8.35. The fourth-order valence-corrected chi connectivity index (χ4v) is 2.53. The molecule has 2 heterocycles. The van der Waals surface area contributed by atoms with Crippen LogP contribution in [0.1, 0.15) is 31.5 Å². The van der Waals surface area contributed by atoms with Crippen molar-refractivity contribution in [1.29, 1.82) is 0 Å². The molecule has 0 amide bonds. The Labute approximate surface area is 121 Å². The predicted molar refractivity (Wildman–Crippen MR) is 82.5 cm³/mol. The predicted octanol–water partition coefficient (Wildman–Crippen LogP) is 2.22. The van der Waals surface area contributed by atoms with Gasteiger partial charge in [0.15, 0.2) is 0 Å². The second kappa shape index (κ2) is 7.04. The van der Waals surface area contributed by atoms with Gasteiger partial charge in [-0.2, -0.15) is 0 Å². The van der Waals surface area contributed by atoms with Crippen molar-refractivity contribution in [3.63, 3.8) is 0 Å². The van der Waals surface area contributed by atoms with Crippen LogP contribution in [0.4, 0.5) is 11.6 Å². The Bertz CT molecular complexity index is 607. The third kappa shape index (κ3) is 3.57. The van der Waals surface area contributed by atoms with Gasteiger partial charge in [0.05, 0.1) is 6.54 Å². The molecule has 0 atom stereocenters. The molecule has 7 heteroatoms. The van der Waals surface area contributed by atoms with Crippen molar-refractivity contribution in [2.24, 2.45) is 0 Å². The molecule has 108 valence electrons. The normalized spacial score (nSPS) is 10.5. The largest absolute Gasteiger partial charge is 0.370 e. The molecule has 20 heavy (non-hydrogen) atoms. The molecular weight excluding hydrogens is 274 g/mol. The first-order chi connectivity index (χ1) is 9.74. The van der Waals surface area contributed by atoms with Crippen molar-refractivity contribution in [2.75, 3.05) is 17.2 Å². The van der Waals surface area contributed by atoms with E-state index < -0.39 is 0 Å². The van der Waals surface area contributed by atoms with Crippen molar-refractivity contribution in [2.45, 2.75) is 33.2 Å². The maximum absolute atomic E-state index is 11.1. The number of H-pyrrole nitrogens is 1. The Kier molecular flexibility index (Phi) is 5.11. The Morgan fingerprint density at radius 3 is 2.60 bits per heavy atom. The standard InChI is InChI=1S/C13H19N5OS/c1-3-5-10-11(14-4-2)16-8-17-12(10)15-6-9-7-20-13(19)18-9/h7-8H,3-6H2,1-2H3,(H,18,19)(H2,14,15,16,17). The molecule has 0 saturated heterocycles. The number of aromatic nitrogens is 3. The lowest BCUT2D eigenvalue weighted by Crippen LogP contribution is -2.10. The molecule has 0 aromatic carbocycles. The number of nitrogens with one attached hydrogen (secondary N) is 3. The highest BCUT2D eigenvalue weighted by Crippen LogP contribution is 2.21. The maximum Gasteiger partial charge on any atom is 0.304 e. The number of thiazole rings is 1. The number of rotatable bonds is 7. The van der Waals surface area contributed by atoms with E-state index in [1.54, 1.807) is 6.33 Å². The average molecular weight is 293 g/mol. The summed E-state index contributed by atoms with van der Waals surface area (Å²) in [4.78, 5) is 22.5. The van der Waals surface area contributed by atoms with Crippen molar-refractivity contribution in [3.8, 4) is 0 Å². The molecule has 6 nitrogen and oxygen atoms in total. The molecule has 0 aliphatic heterocycles. The van der Waals surface area contributed by atoms with E-state index in [-0.39, 0.29) is 4.87 Å². The highest BCUT2D eigenvalue weighted by atomic mass is 32.1. The van der Waals surface area contributed by atoms with Crippen LogP contribution in [0, 0.1) is 0 Å². The van der Waals surface area contributed by atoms with Gasteiger partial charge in [0.25, 0.3) is 0 Å². The molecule has 0 spiro atoms. The van der Waals surface area contributed by atoms with Crippen LogP contribution in [-0.2, 0) is 13.0 Å². The topological polar surface area (TPSA) is 82.7 Å². The van der Waals surface area contributed by atoms with Crippen molar-refractivity contribution < 1.29 is 0 Å². The van der Waals surface area contributed by atoms with Gasteiger partial charge in [-0.1, -0.05) is 24.7 Å².